The van der Waals surface area contributed by atoms with Crippen LogP contribution >= 0.6 is 23.6 Å². The maximum Gasteiger partial charge on any atom is 0.262 e. The molecule has 0 radical (unpaired) electrons. The summed E-state index contributed by atoms with van der Waals surface area (Å²) in [7, 11) is 1.77. The van der Waals surface area contributed by atoms with E-state index in [0.29, 0.717) is 36.9 Å². The number of aromatic amines is 1. The number of para-hydroxylation sites is 1. The fourth-order valence-corrected chi connectivity index (χ4v) is 4.23. The van der Waals surface area contributed by atoms with E-state index in [4.69, 9.17) is 17.0 Å². The zero-order valence-corrected chi connectivity index (χ0v) is 17.1. The molecule has 0 bridgehead atoms. The summed E-state index contributed by atoms with van der Waals surface area (Å²) in [6.07, 6.45) is 0. The molecule has 0 aliphatic heterocycles. The van der Waals surface area contributed by atoms with Gasteiger partial charge in [0.15, 0.2) is 10.6 Å². The van der Waals surface area contributed by atoms with Crippen molar-refractivity contribution in [3.63, 3.8) is 0 Å². The van der Waals surface area contributed by atoms with Crippen LogP contribution < -0.4 is 10.1 Å². The number of benzene rings is 2. The number of hydrogen-bond acceptors (Lipinski definition) is 5. The SMILES string of the molecule is Cn1c(CNC(=O)c2sc3cccc(F)c3c2COc2ccccc2)n[nH]c1=S. The van der Waals surface area contributed by atoms with Crippen LogP contribution in [0.1, 0.15) is 21.1 Å². The van der Waals surface area contributed by atoms with Crippen molar-refractivity contribution in [1.82, 2.24) is 20.1 Å². The quantitative estimate of drug-likeness (QED) is 0.448. The van der Waals surface area contributed by atoms with E-state index in [1.807, 2.05) is 30.3 Å². The Morgan fingerprint density at radius 1 is 1.28 bits per heavy atom. The van der Waals surface area contributed by atoms with Crippen LogP contribution in [0.3, 0.4) is 0 Å². The number of nitrogens with zero attached hydrogens (tertiary/aromatic N) is 2. The van der Waals surface area contributed by atoms with E-state index in [9.17, 15) is 9.18 Å². The highest BCUT2D eigenvalue weighted by molar-refractivity contribution is 7.71. The number of carbonyl (C=O) groups is 1. The lowest BCUT2D eigenvalue weighted by Crippen LogP contribution is -2.24. The third kappa shape index (κ3) is 3.92. The number of hydrogen-bond donors (Lipinski definition) is 2. The molecule has 2 aromatic carbocycles. The van der Waals surface area contributed by atoms with Gasteiger partial charge in [0, 0.05) is 22.7 Å². The molecule has 29 heavy (non-hydrogen) atoms. The topological polar surface area (TPSA) is 71.9 Å². The lowest BCUT2D eigenvalue weighted by Gasteiger charge is -2.09. The minimum absolute atomic E-state index is 0.0835. The molecule has 6 nitrogen and oxygen atoms in total. The van der Waals surface area contributed by atoms with E-state index < -0.39 is 0 Å². The van der Waals surface area contributed by atoms with Crippen LogP contribution in [0.15, 0.2) is 48.5 Å². The Kier molecular flexibility index (Phi) is 5.41. The summed E-state index contributed by atoms with van der Waals surface area (Å²) in [4.78, 5) is 13.3. The van der Waals surface area contributed by atoms with Gasteiger partial charge in [-0.25, -0.2) is 4.39 Å². The van der Waals surface area contributed by atoms with Crippen molar-refractivity contribution in [2.24, 2.45) is 7.05 Å². The van der Waals surface area contributed by atoms with Gasteiger partial charge in [0.25, 0.3) is 5.91 Å². The molecule has 0 fully saturated rings. The standard InChI is InChI=1S/C20H17FN4O2S2/c1-25-16(23-24-20(25)28)10-22-19(26)18-13(11-27-12-6-3-2-4-7-12)17-14(21)8-5-9-15(17)29-18/h2-9H,10-11H2,1H3,(H,22,26)(H,24,28). The minimum atomic E-state index is -0.376. The van der Waals surface area contributed by atoms with Crippen LogP contribution in [0, 0.1) is 10.6 Å². The molecule has 0 aliphatic carbocycles. The highest BCUT2D eigenvalue weighted by Crippen LogP contribution is 2.34. The third-order valence-corrected chi connectivity index (χ3v) is 6.04. The number of nitrogens with one attached hydrogen (secondary N) is 2. The van der Waals surface area contributed by atoms with Crippen molar-refractivity contribution in [1.29, 1.82) is 0 Å². The van der Waals surface area contributed by atoms with Crippen molar-refractivity contribution >= 4 is 39.5 Å². The maximum absolute atomic E-state index is 14.5. The Bertz CT molecular complexity index is 1230. The molecule has 0 spiro atoms. The highest BCUT2D eigenvalue weighted by atomic mass is 32.1. The second-order valence-corrected chi connectivity index (χ2v) is 7.75. The number of H-pyrrole nitrogens is 1. The molecule has 0 unspecified atom stereocenters. The van der Waals surface area contributed by atoms with Gasteiger partial charge >= 0.3 is 0 Å². The molecule has 0 aliphatic rings. The number of carbonyl (C=O) groups excluding carboxylic acids is 1. The zero-order valence-electron chi connectivity index (χ0n) is 15.4. The van der Waals surface area contributed by atoms with E-state index in [1.165, 1.54) is 17.4 Å². The van der Waals surface area contributed by atoms with Crippen LogP contribution in [0.5, 0.6) is 5.75 Å². The van der Waals surface area contributed by atoms with Crippen molar-refractivity contribution in [3.8, 4) is 5.75 Å². The number of halogens is 1. The molecule has 0 saturated heterocycles. The predicted octanol–water partition coefficient (Wildman–Crippen LogP) is 4.34. The van der Waals surface area contributed by atoms with Crippen LogP contribution in [0.4, 0.5) is 4.39 Å². The van der Waals surface area contributed by atoms with Gasteiger partial charge in [0.2, 0.25) is 0 Å². The summed E-state index contributed by atoms with van der Waals surface area (Å²) in [5.74, 6) is 0.555. The van der Waals surface area contributed by atoms with Crippen molar-refractivity contribution < 1.29 is 13.9 Å². The Morgan fingerprint density at radius 3 is 2.79 bits per heavy atom. The second-order valence-electron chi connectivity index (χ2n) is 6.31. The van der Waals surface area contributed by atoms with Gasteiger partial charge in [-0.05, 0) is 36.5 Å². The van der Waals surface area contributed by atoms with Crippen molar-refractivity contribution in [2.45, 2.75) is 13.2 Å². The highest BCUT2D eigenvalue weighted by Gasteiger charge is 2.21. The summed E-state index contributed by atoms with van der Waals surface area (Å²) >= 11 is 6.32. The van der Waals surface area contributed by atoms with Gasteiger partial charge < -0.3 is 14.6 Å². The first-order valence-corrected chi connectivity index (χ1v) is 10.0. The molecule has 2 heterocycles. The first kappa shape index (κ1) is 19.3. The predicted molar refractivity (Wildman–Crippen MR) is 112 cm³/mol. The fraction of sp³-hybridized carbons (Fsp3) is 0.150. The molecule has 1 amide bonds. The van der Waals surface area contributed by atoms with Gasteiger partial charge in [-0.3, -0.25) is 9.89 Å². The monoisotopic (exact) mass is 428 g/mol. The average molecular weight is 429 g/mol. The Hall–Kier alpha value is -3.04. The number of amides is 1. The molecule has 9 heteroatoms. The van der Waals surface area contributed by atoms with Gasteiger partial charge in [-0.2, -0.15) is 5.10 Å². The molecular weight excluding hydrogens is 411 g/mol. The van der Waals surface area contributed by atoms with Crippen LogP contribution in [-0.2, 0) is 20.2 Å². The maximum atomic E-state index is 14.5. The lowest BCUT2D eigenvalue weighted by molar-refractivity contribution is 0.0951. The molecule has 4 rings (SSSR count). The van der Waals surface area contributed by atoms with Gasteiger partial charge in [0.1, 0.15) is 18.2 Å². The average Bonchev–Trinajstić information content (AvgIpc) is 3.27. The summed E-state index contributed by atoms with van der Waals surface area (Å²) in [6, 6.07) is 14.0. The third-order valence-electron chi connectivity index (χ3n) is 4.48. The van der Waals surface area contributed by atoms with Crippen LogP contribution in [-0.4, -0.2) is 20.7 Å². The summed E-state index contributed by atoms with van der Waals surface area (Å²) in [5, 5.41) is 10.0. The summed E-state index contributed by atoms with van der Waals surface area (Å²) in [5.41, 5.74) is 0.528. The fourth-order valence-electron chi connectivity index (χ4n) is 2.94. The molecule has 2 aromatic heterocycles. The minimum Gasteiger partial charge on any atom is -0.489 e. The molecular formula is C20H17FN4O2S2. The van der Waals surface area contributed by atoms with Crippen LogP contribution in [0.25, 0.3) is 10.1 Å². The Balaban J connectivity index is 1.63. The zero-order chi connectivity index (χ0) is 20.4. The van der Waals surface area contributed by atoms with Crippen molar-refractivity contribution in [2.75, 3.05) is 0 Å². The molecule has 4 aromatic rings. The van der Waals surface area contributed by atoms with Crippen LogP contribution in [0.2, 0.25) is 0 Å². The number of thiophene rings is 1. The van der Waals surface area contributed by atoms with Crippen molar-refractivity contribution in [3.05, 3.63) is 75.4 Å². The molecule has 0 atom stereocenters. The summed E-state index contributed by atoms with van der Waals surface area (Å²) < 4.78 is 23.2. The van der Waals surface area contributed by atoms with Gasteiger partial charge in [-0.15, -0.1) is 11.3 Å². The van der Waals surface area contributed by atoms with E-state index >= 15 is 0 Å². The molecule has 0 saturated carbocycles. The number of fused-ring (bicyclic) bond motifs is 1. The number of rotatable bonds is 6. The number of aromatic nitrogens is 3. The molecule has 148 valence electrons. The first-order chi connectivity index (χ1) is 14.0. The van der Waals surface area contributed by atoms with E-state index in [1.54, 1.807) is 23.7 Å². The largest absolute Gasteiger partial charge is 0.489 e. The summed E-state index contributed by atoms with van der Waals surface area (Å²) in [6.45, 7) is 0.276. The van der Waals surface area contributed by atoms with E-state index in [0.717, 1.165) is 0 Å². The first-order valence-electron chi connectivity index (χ1n) is 8.81. The second kappa shape index (κ2) is 8.14. The van der Waals surface area contributed by atoms with E-state index in [2.05, 4.69) is 15.5 Å². The molecule has 2 N–H and O–H groups in total. The number of ether oxygens (including phenoxy) is 1. The lowest BCUT2D eigenvalue weighted by atomic mass is 10.1. The smallest absolute Gasteiger partial charge is 0.262 e. The van der Waals surface area contributed by atoms with Gasteiger partial charge in [-0.1, -0.05) is 24.3 Å². The normalized spacial score (nSPS) is 11.0. The van der Waals surface area contributed by atoms with Gasteiger partial charge in [0.05, 0.1) is 11.4 Å². The van der Waals surface area contributed by atoms with E-state index in [-0.39, 0.29) is 24.9 Å². The Labute approximate surface area is 175 Å². The Morgan fingerprint density at radius 2 is 2.07 bits per heavy atom.